The first kappa shape index (κ1) is 13.1. The van der Waals surface area contributed by atoms with Crippen molar-refractivity contribution in [3.63, 3.8) is 0 Å². The predicted molar refractivity (Wildman–Crippen MR) is 49.0 cm³/mol. The quantitative estimate of drug-likeness (QED) is 0.513. The van der Waals surface area contributed by atoms with E-state index in [9.17, 15) is 17.3 Å². The topological polar surface area (TPSA) is 6.48 Å². The number of hydrogen-bond donors (Lipinski definition) is 0. The van der Waals surface area contributed by atoms with E-state index in [1.165, 1.54) is 0 Å². The number of rotatable bonds is 2. The second-order valence-electron chi connectivity index (χ2n) is 2.74. The zero-order valence-electron chi connectivity index (χ0n) is 8.26. The molecule has 0 saturated heterocycles. The van der Waals surface area contributed by atoms with Crippen LogP contribution in [0.5, 0.6) is 0 Å². The average molecular weight is 213 g/mol. The Labute approximate surface area is 81.3 Å². The van der Waals surface area contributed by atoms with Crippen LogP contribution >= 0.6 is 0 Å². The summed E-state index contributed by atoms with van der Waals surface area (Å²) in [6.45, 7) is 7.65. The molecule has 0 radical (unpaired) electrons. The van der Waals surface area contributed by atoms with Crippen LogP contribution in [-0.4, -0.2) is 36.8 Å². The van der Waals surface area contributed by atoms with Crippen molar-refractivity contribution in [3.8, 4) is 0 Å². The van der Waals surface area contributed by atoms with E-state index >= 15 is 0 Å². The molecule has 0 bridgehead atoms. The molecule has 0 aliphatic carbocycles. The van der Waals surface area contributed by atoms with Crippen LogP contribution in [0.2, 0.25) is 0 Å². The maximum absolute atomic E-state index is 9.75. The van der Waals surface area contributed by atoms with E-state index in [0.717, 1.165) is 19.8 Å². The fourth-order valence-electron chi connectivity index (χ4n) is 0.927. The molecule has 0 aromatic rings. The lowest BCUT2D eigenvalue weighted by Crippen LogP contribution is -2.24. The van der Waals surface area contributed by atoms with E-state index in [-0.39, 0.29) is 0 Å². The van der Waals surface area contributed by atoms with Gasteiger partial charge in [-0.3, -0.25) is 0 Å². The predicted octanol–water partition coefficient (Wildman–Crippen LogP) is 2.37. The highest BCUT2D eigenvalue weighted by Gasteiger charge is 2.20. The highest BCUT2D eigenvalue weighted by molar-refractivity contribution is 6.50. The Balaban J connectivity index is 0.000000292. The molecule has 0 N–H and O–H groups in total. The van der Waals surface area contributed by atoms with Gasteiger partial charge >= 0.3 is 7.25 Å². The summed E-state index contributed by atoms with van der Waals surface area (Å²) in [6.07, 6.45) is 4.28. The lowest BCUT2D eigenvalue weighted by Gasteiger charge is -2.17. The number of halogens is 4. The number of nitrogens with zero attached hydrogens (tertiary/aromatic N) is 2. The van der Waals surface area contributed by atoms with Crippen LogP contribution in [0.1, 0.15) is 13.8 Å². The molecule has 0 fully saturated rings. The minimum atomic E-state index is -6.00. The van der Waals surface area contributed by atoms with Crippen LogP contribution in [0.3, 0.4) is 0 Å². The van der Waals surface area contributed by atoms with Gasteiger partial charge in [-0.05, 0) is 13.8 Å². The lowest BCUT2D eigenvalue weighted by molar-refractivity contribution is 0.282. The summed E-state index contributed by atoms with van der Waals surface area (Å²) in [6, 6.07) is 0. The van der Waals surface area contributed by atoms with Crippen molar-refractivity contribution >= 4 is 7.25 Å². The Bertz CT molecular complexity index is 165. The molecule has 1 aliphatic heterocycles. The highest BCUT2D eigenvalue weighted by atomic mass is 19.5. The molecular weight excluding hydrogens is 199 g/mol. The van der Waals surface area contributed by atoms with E-state index < -0.39 is 7.25 Å². The third-order valence-corrected chi connectivity index (χ3v) is 1.66. The molecule has 0 unspecified atom stereocenters. The molecule has 14 heavy (non-hydrogen) atoms. The third-order valence-electron chi connectivity index (χ3n) is 1.66. The largest absolute Gasteiger partial charge is 0.673 e. The molecule has 84 valence electrons. The van der Waals surface area contributed by atoms with Gasteiger partial charge in [0.1, 0.15) is 0 Å². The molecule has 0 spiro atoms. The van der Waals surface area contributed by atoms with E-state index in [4.69, 9.17) is 0 Å². The van der Waals surface area contributed by atoms with Crippen LogP contribution in [0, 0.1) is 0 Å². The van der Waals surface area contributed by atoms with Crippen molar-refractivity contribution in [2.75, 3.05) is 19.8 Å². The summed E-state index contributed by atoms with van der Waals surface area (Å²) in [5.74, 6) is 0. The zero-order valence-corrected chi connectivity index (χ0v) is 8.26. The molecule has 1 aliphatic rings. The van der Waals surface area contributed by atoms with Crippen LogP contribution in [0.4, 0.5) is 17.3 Å². The Morgan fingerprint density at radius 2 is 1.29 bits per heavy atom. The number of hydrogen-bond acceptors (Lipinski definition) is 2. The molecule has 2 nitrogen and oxygen atoms in total. The first-order valence-corrected chi connectivity index (χ1v) is 4.40. The third kappa shape index (κ3) is 7.76. The second kappa shape index (κ2) is 5.77. The summed E-state index contributed by atoms with van der Waals surface area (Å²) >= 11 is 0. The Kier molecular flexibility index (Phi) is 5.41. The van der Waals surface area contributed by atoms with E-state index in [1.807, 2.05) is 0 Å². The highest BCUT2D eigenvalue weighted by Crippen LogP contribution is 2.06. The smallest absolute Gasteiger partial charge is 0.418 e. The molecule has 0 atom stereocenters. The van der Waals surface area contributed by atoms with Crippen molar-refractivity contribution in [1.82, 2.24) is 9.80 Å². The Morgan fingerprint density at radius 1 is 1.00 bits per heavy atom. The Hall–Kier alpha value is -0.875. The van der Waals surface area contributed by atoms with Crippen LogP contribution in [-0.2, 0) is 0 Å². The molecule has 0 amide bonds. The van der Waals surface area contributed by atoms with Gasteiger partial charge in [-0.1, -0.05) is 0 Å². The molecule has 0 aromatic heterocycles. The summed E-state index contributed by atoms with van der Waals surface area (Å²) in [7, 11) is -6.00. The maximum Gasteiger partial charge on any atom is 0.673 e. The first-order chi connectivity index (χ1) is 6.36. The minimum absolute atomic E-state index is 1.08. The fourth-order valence-corrected chi connectivity index (χ4v) is 0.927. The Morgan fingerprint density at radius 3 is 1.43 bits per heavy atom. The molecule has 7 heteroatoms. The van der Waals surface area contributed by atoms with Crippen molar-refractivity contribution in [1.29, 1.82) is 0 Å². The SMILES string of the molecule is CCN1C=CN(CC)C1.F[B-](F)(F)F. The van der Waals surface area contributed by atoms with Gasteiger partial charge in [-0.2, -0.15) is 0 Å². The van der Waals surface area contributed by atoms with Crippen LogP contribution in [0.25, 0.3) is 0 Å². The van der Waals surface area contributed by atoms with Crippen molar-refractivity contribution < 1.29 is 17.3 Å². The van der Waals surface area contributed by atoms with E-state index in [2.05, 4.69) is 36.0 Å². The fraction of sp³-hybridized carbons (Fsp3) is 0.714. The van der Waals surface area contributed by atoms with Gasteiger partial charge in [0.25, 0.3) is 0 Å². The van der Waals surface area contributed by atoms with Gasteiger partial charge < -0.3 is 27.1 Å². The van der Waals surface area contributed by atoms with Gasteiger partial charge in [-0.25, -0.2) is 0 Å². The van der Waals surface area contributed by atoms with E-state index in [0.29, 0.717) is 0 Å². The first-order valence-electron chi connectivity index (χ1n) is 4.40. The molecule has 0 saturated carbocycles. The van der Waals surface area contributed by atoms with Gasteiger partial charge in [0.05, 0.1) is 6.67 Å². The maximum atomic E-state index is 9.75. The minimum Gasteiger partial charge on any atom is -0.418 e. The van der Waals surface area contributed by atoms with Crippen molar-refractivity contribution in [2.24, 2.45) is 0 Å². The zero-order chi connectivity index (χ0) is 11.2. The van der Waals surface area contributed by atoms with E-state index in [1.54, 1.807) is 0 Å². The van der Waals surface area contributed by atoms with Crippen molar-refractivity contribution in [3.05, 3.63) is 12.4 Å². The molecule has 0 aromatic carbocycles. The second-order valence-corrected chi connectivity index (χ2v) is 2.74. The summed E-state index contributed by atoms with van der Waals surface area (Å²) in [4.78, 5) is 4.56. The lowest BCUT2D eigenvalue weighted by atomic mass is 10.3. The van der Waals surface area contributed by atoms with Crippen LogP contribution in [0.15, 0.2) is 12.4 Å². The van der Waals surface area contributed by atoms with Crippen LogP contribution < -0.4 is 0 Å². The summed E-state index contributed by atoms with van der Waals surface area (Å²) in [5, 5.41) is 0. The normalized spacial score (nSPS) is 15.6. The standard InChI is InChI=1S/C7H14N2.BF4/c1-3-8-5-6-9(4-2)7-8;2-1(3,4)5/h5-6H,3-4,7H2,1-2H3;/q;-1. The van der Waals surface area contributed by atoms with Crippen molar-refractivity contribution in [2.45, 2.75) is 13.8 Å². The molecule has 1 heterocycles. The average Bonchev–Trinajstić information content (AvgIpc) is 2.48. The monoisotopic (exact) mass is 213 g/mol. The molecule has 1 rings (SSSR count). The molecular formula is C7H14BF4N2-. The summed E-state index contributed by atoms with van der Waals surface area (Å²) < 4.78 is 39.0. The van der Waals surface area contributed by atoms with Gasteiger partial charge in [0.15, 0.2) is 0 Å². The van der Waals surface area contributed by atoms with Gasteiger partial charge in [0, 0.05) is 25.5 Å². The van der Waals surface area contributed by atoms with Gasteiger partial charge in [0.2, 0.25) is 0 Å². The summed E-state index contributed by atoms with van der Waals surface area (Å²) in [5.41, 5.74) is 0. The van der Waals surface area contributed by atoms with Gasteiger partial charge in [-0.15, -0.1) is 0 Å².